The van der Waals surface area contributed by atoms with Gasteiger partial charge in [-0.2, -0.15) is 26.3 Å². The number of hydrogen-bond acceptors (Lipinski definition) is 5. The highest BCUT2D eigenvalue weighted by atomic mass is 35.5. The van der Waals surface area contributed by atoms with Gasteiger partial charge in [0.25, 0.3) is 0 Å². The minimum atomic E-state index is -5.09. The number of benzene rings is 2. The number of aliphatic hydroxyl groups excluding tert-OH is 2. The molecule has 2 atom stereocenters. The summed E-state index contributed by atoms with van der Waals surface area (Å²) in [7, 11) is 1.32. The summed E-state index contributed by atoms with van der Waals surface area (Å²) >= 11 is 12.8. The van der Waals surface area contributed by atoms with E-state index < -0.39 is 52.5 Å². The molecule has 1 amide bonds. The number of nitrogens with zero attached hydrogens (tertiary/aromatic N) is 3. The number of alkyl halides is 6. The first-order valence-electron chi connectivity index (χ1n) is 13.0. The van der Waals surface area contributed by atoms with Gasteiger partial charge in [0.2, 0.25) is 5.91 Å². The molecule has 3 aromatic rings. The predicted octanol–water partition coefficient (Wildman–Crippen LogP) is 6.97. The lowest BCUT2D eigenvalue weighted by atomic mass is 9.81. The van der Waals surface area contributed by atoms with E-state index in [2.05, 4.69) is 4.98 Å². The van der Waals surface area contributed by atoms with Crippen molar-refractivity contribution in [2.75, 3.05) is 30.0 Å². The molecule has 1 saturated heterocycles. The van der Waals surface area contributed by atoms with E-state index in [9.17, 15) is 41.4 Å². The van der Waals surface area contributed by atoms with Crippen LogP contribution in [0.1, 0.15) is 37.0 Å². The van der Waals surface area contributed by atoms with Crippen LogP contribution in [0.5, 0.6) is 0 Å². The molecular formula is C29H27Cl2F6N3O3. The first-order chi connectivity index (χ1) is 19.9. The van der Waals surface area contributed by atoms with Gasteiger partial charge in [-0.25, -0.2) is 4.98 Å². The molecule has 43 heavy (non-hydrogen) atoms. The number of carbonyl (C=O) groups is 1. The Morgan fingerprint density at radius 3 is 2.14 bits per heavy atom. The van der Waals surface area contributed by atoms with Gasteiger partial charge in [0.05, 0.1) is 57.2 Å². The van der Waals surface area contributed by atoms with E-state index >= 15 is 0 Å². The quantitative estimate of drug-likeness (QED) is 0.282. The fourth-order valence-electron chi connectivity index (χ4n) is 5.10. The minimum absolute atomic E-state index is 0.00457. The van der Waals surface area contributed by atoms with Crippen LogP contribution in [0.25, 0.3) is 11.1 Å². The average molecular weight is 650 g/mol. The van der Waals surface area contributed by atoms with Crippen LogP contribution in [0.2, 0.25) is 10.0 Å². The lowest BCUT2D eigenvalue weighted by molar-refractivity contribution is -0.143. The Morgan fingerprint density at radius 1 is 1.00 bits per heavy atom. The van der Waals surface area contributed by atoms with Gasteiger partial charge in [0.15, 0.2) is 0 Å². The number of aromatic nitrogens is 1. The van der Waals surface area contributed by atoms with Gasteiger partial charge in [-0.3, -0.25) is 4.79 Å². The monoisotopic (exact) mass is 649 g/mol. The number of carbonyl (C=O) groups excluding carboxylic acids is 1. The van der Waals surface area contributed by atoms with Crippen molar-refractivity contribution in [2.24, 2.45) is 0 Å². The summed E-state index contributed by atoms with van der Waals surface area (Å²) in [5.74, 6) is -0.503. The maximum atomic E-state index is 13.9. The molecule has 2 N–H and O–H groups in total. The second-order valence-corrected chi connectivity index (χ2v) is 11.5. The zero-order valence-electron chi connectivity index (χ0n) is 23.1. The molecule has 4 rings (SSSR count). The van der Waals surface area contributed by atoms with E-state index in [1.165, 1.54) is 33.2 Å². The third kappa shape index (κ3) is 6.43. The number of halogens is 8. The first-order valence-corrected chi connectivity index (χ1v) is 13.7. The summed E-state index contributed by atoms with van der Waals surface area (Å²) in [6.45, 7) is 2.46. The van der Waals surface area contributed by atoms with Crippen LogP contribution in [-0.4, -0.2) is 53.4 Å². The third-order valence-corrected chi connectivity index (χ3v) is 8.43. The molecule has 14 heteroatoms. The maximum absolute atomic E-state index is 13.9. The number of likely N-dealkylation sites (N-methyl/N-ethyl adjacent to an activating group) is 1. The number of anilines is 2. The fraction of sp³-hybridized carbons (Fsp3) is 0.379. The summed E-state index contributed by atoms with van der Waals surface area (Å²) in [5, 5.41) is 20.4. The van der Waals surface area contributed by atoms with Crippen molar-refractivity contribution in [3.05, 3.63) is 75.4 Å². The van der Waals surface area contributed by atoms with Crippen LogP contribution in [-0.2, 0) is 22.6 Å². The molecule has 1 aliphatic heterocycles. The van der Waals surface area contributed by atoms with E-state index in [0.717, 1.165) is 4.90 Å². The molecule has 232 valence electrons. The van der Waals surface area contributed by atoms with E-state index in [0.29, 0.717) is 42.0 Å². The minimum Gasteiger partial charge on any atom is -0.394 e. The standard InChI is InChI=1S/C29H27Cl2F6N3O3/c1-27(2,15-9-16(28(32,33)34)11-17(10-15)29(35,36)37)26(43)39(3)21-13-38-24(40-8-7-23(42)22(40)14-41)12-19(21)18-5-4-6-20(30)25(18)31/h4-6,9-13,22-23,41-42H,7-8,14H2,1-3H3/t22-,23+/m1/s1. The zero-order valence-corrected chi connectivity index (χ0v) is 24.6. The van der Waals surface area contributed by atoms with Gasteiger partial charge in [-0.15, -0.1) is 0 Å². The molecule has 0 saturated carbocycles. The molecule has 0 unspecified atom stereocenters. The van der Waals surface area contributed by atoms with E-state index in [1.807, 2.05) is 0 Å². The van der Waals surface area contributed by atoms with Crippen molar-refractivity contribution >= 4 is 40.6 Å². The second kappa shape index (κ2) is 11.8. The van der Waals surface area contributed by atoms with Crippen molar-refractivity contribution < 1.29 is 41.4 Å². The molecule has 1 fully saturated rings. The molecule has 0 spiro atoms. The molecule has 2 heterocycles. The van der Waals surface area contributed by atoms with Gasteiger partial charge in [0.1, 0.15) is 5.82 Å². The molecule has 2 aromatic carbocycles. The summed E-state index contributed by atoms with van der Waals surface area (Å²) in [5.41, 5.74) is -4.62. The smallest absolute Gasteiger partial charge is 0.394 e. The van der Waals surface area contributed by atoms with E-state index in [4.69, 9.17) is 23.2 Å². The Balaban J connectivity index is 1.85. The van der Waals surface area contributed by atoms with Gasteiger partial charge < -0.3 is 20.0 Å². The predicted molar refractivity (Wildman–Crippen MR) is 151 cm³/mol. The van der Waals surface area contributed by atoms with Crippen LogP contribution < -0.4 is 9.80 Å². The highest BCUT2D eigenvalue weighted by molar-refractivity contribution is 6.43. The van der Waals surface area contributed by atoms with Crippen LogP contribution in [0.4, 0.5) is 37.8 Å². The third-order valence-electron chi connectivity index (χ3n) is 7.61. The highest BCUT2D eigenvalue weighted by Crippen LogP contribution is 2.43. The van der Waals surface area contributed by atoms with Gasteiger partial charge in [-0.05, 0) is 56.2 Å². The average Bonchev–Trinajstić information content (AvgIpc) is 3.32. The van der Waals surface area contributed by atoms with Crippen molar-refractivity contribution in [3.8, 4) is 11.1 Å². The van der Waals surface area contributed by atoms with Crippen molar-refractivity contribution in [2.45, 2.75) is 50.2 Å². The number of amides is 1. The lowest BCUT2D eigenvalue weighted by Crippen LogP contribution is -2.42. The number of aliphatic hydroxyl groups is 2. The Bertz CT molecular complexity index is 1500. The molecule has 1 aliphatic rings. The normalized spacial score (nSPS) is 17.8. The fourth-order valence-corrected chi connectivity index (χ4v) is 5.50. The summed E-state index contributed by atoms with van der Waals surface area (Å²) < 4.78 is 81.4. The Labute approximate surface area is 253 Å². The number of rotatable bonds is 6. The van der Waals surface area contributed by atoms with Gasteiger partial charge in [0, 0.05) is 24.7 Å². The molecule has 1 aromatic heterocycles. The summed E-state index contributed by atoms with van der Waals surface area (Å²) in [4.78, 5) is 21.1. The van der Waals surface area contributed by atoms with Crippen LogP contribution >= 0.6 is 23.2 Å². The van der Waals surface area contributed by atoms with Gasteiger partial charge >= 0.3 is 12.4 Å². The maximum Gasteiger partial charge on any atom is 0.416 e. The highest BCUT2D eigenvalue weighted by Gasteiger charge is 2.41. The molecule has 0 aliphatic carbocycles. The van der Waals surface area contributed by atoms with Crippen molar-refractivity contribution in [1.29, 1.82) is 0 Å². The van der Waals surface area contributed by atoms with Crippen molar-refractivity contribution in [1.82, 2.24) is 4.98 Å². The van der Waals surface area contributed by atoms with Crippen molar-refractivity contribution in [3.63, 3.8) is 0 Å². The largest absolute Gasteiger partial charge is 0.416 e. The van der Waals surface area contributed by atoms with Gasteiger partial charge in [-0.1, -0.05) is 35.3 Å². The Hall–Kier alpha value is -3.06. The lowest BCUT2D eigenvalue weighted by Gasteiger charge is -2.32. The number of hydrogen-bond donors (Lipinski definition) is 2. The van der Waals surface area contributed by atoms with Crippen LogP contribution in [0.15, 0.2) is 48.7 Å². The zero-order chi connectivity index (χ0) is 32.1. The molecule has 0 radical (unpaired) electrons. The SMILES string of the molecule is CN(C(=O)C(C)(C)c1cc(C(F)(F)F)cc(C(F)(F)F)c1)c1cnc(N2CC[C@H](O)[C@H]2CO)cc1-c1cccc(Cl)c1Cl. The second-order valence-electron chi connectivity index (χ2n) is 10.7. The molecule has 0 bridgehead atoms. The van der Waals surface area contributed by atoms with Crippen LogP contribution in [0.3, 0.4) is 0 Å². The Kier molecular flexibility index (Phi) is 9.01. The number of pyridine rings is 1. The summed E-state index contributed by atoms with van der Waals surface area (Å²) in [6.07, 6.45) is -9.32. The van der Waals surface area contributed by atoms with Crippen LogP contribution in [0, 0.1) is 0 Å². The van der Waals surface area contributed by atoms with E-state index in [-0.39, 0.29) is 28.4 Å². The molecule has 6 nitrogen and oxygen atoms in total. The van der Waals surface area contributed by atoms with E-state index in [1.54, 1.807) is 23.1 Å². The first kappa shape index (κ1) is 32.8. The topological polar surface area (TPSA) is 76.9 Å². The Morgan fingerprint density at radius 2 is 1.58 bits per heavy atom. The molecular weight excluding hydrogens is 623 g/mol. The summed E-state index contributed by atoms with van der Waals surface area (Å²) in [6, 6.07) is 6.75.